The molecule has 19 heavy (non-hydrogen) atoms. The molecule has 0 aliphatic rings. The molecular weight excluding hydrogens is 244 g/mol. The van der Waals surface area contributed by atoms with Crippen molar-refractivity contribution >= 4 is 10.9 Å². The van der Waals surface area contributed by atoms with Crippen molar-refractivity contribution in [3.8, 4) is 11.5 Å². The molecule has 0 aliphatic heterocycles. The van der Waals surface area contributed by atoms with Crippen LogP contribution in [0.2, 0.25) is 0 Å². The van der Waals surface area contributed by atoms with Gasteiger partial charge in [-0.2, -0.15) is 0 Å². The van der Waals surface area contributed by atoms with Gasteiger partial charge in [0.2, 0.25) is 0 Å². The Morgan fingerprint density at radius 2 is 1.63 bits per heavy atom. The molecule has 0 bridgehead atoms. The number of aromatic nitrogens is 2. The lowest BCUT2D eigenvalue weighted by molar-refractivity contribution is 0.483. The van der Waals surface area contributed by atoms with Gasteiger partial charge in [-0.05, 0) is 24.3 Å². The van der Waals surface area contributed by atoms with Crippen LogP contribution in [0.15, 0.2) is 58.1 Å². The second kappa shape index (κ2) is 4.45. The topological polar surface area (TPSA) is 74.9 Å². The number of ether oxygens (including phenoxy) is 1. The molecule has 0 saturated heterocycles. The van der Waals surface area contributed by atoms with Crippen LogP contribution in [-0.2, 0) is 0 Å². The zero-order chi connectivity index (χ0) is 13.2. The van der Waals surface area contributed by atoms with E-state index in [1.807, 2.05) is 30.3 Å². The van der Waals surface area contributed by atoms with E-state index in [1.54, 1.807) is 18.2 Å². The van der Waals surface area contributed by atoms with Crippen molar-refractivity contribution in [1.29, 1.82) is 0 Å². The minimum absolute atomic E-state index is 0.412. The van der Waals surface area contributed by atoms with E-state index in [0.717, 1.165) is 0 Å². The molecular formula is C14H10N2O3. The molecule has 0 amide bonds. The summed E-state index contributed by atoms with van der Waals surface area (Å²) in [6.07, 6.45) is 0. The smallest absolute Gasteiger partial charge is 0.326 e. The molecule has 1 aromatic heterocycles. The Bertz CT molecular complexity index is 834. The summed E-state index contributed by atoms with van der Waals surface area (Å²) in [6, 6.07) is 14.2. The van der Waals surface area contributed by atoms with E-state index in [1.165, 1.54) is 0 Å². The number of rotatable bonds is 2. The van der Waals surface area contributed by atoms with E-state index >= 15 is 0 Å². The largest absolute Gasteiger partial charge is 0.457 e. The zero-order valence-electron chi connectivity index (χ0n) is 9.84. The van der Waals surface area contributed by atoms with Crippen molar-refractivity contribution in [3.05, 3.63) is 69.4 Å². The first-order valence-corrected chi connectivity index (χ1v) is 5.72. The number of hydrogen-bond donors (Lipinski definition) is 2. The number of nitrogens with one attached hydrogen (secondary N) is 2. The fraction of sp³-hybridized carbons (Fsp3) is 0. The first-order chi connectivity index (χ1) is 9.22. The van der Waals surface area contributed by atoms with Gasteiger partial charge in [0.15, 0.2) is 0 Å². The fourth-order valence-electron chi connectivity index (χ4n) is 1.84. The van der Waals surface area contributed by atoms with Crippen LogP contribution in [0.1, 0.15) is 0 Å². The highest BCUT2D eigenvalue weighted by Crippen LogP contribution is 2.22. The standard InChI is InChI=1S/C14H10N2O3/c17-13-11-7-6-10(8-12(11)15-14(18)16-13)19-9-4-2-1-3-5-9/h1-8H,(H2,15,16,17,18). The second-order valence-corrected chi connectivity index (χ2v) is 4.03. The van der Waals surface area contributed by atoms with Gasteiger partial charge in [0.05, 0.1) is 10.9 Å². The van der Waals surface area contributed by atoms with Gasteiger partial charge in [-0.1, -0.05) is 18.2 Å². The van der Waals surface area contributed by atoms with E-state index in [2.05, 4.69) is 9.97 Å². The number of fused-ring (bicyclic) bond motifs is 1. The molecule has 1 heterocycles. The highest BCUT2D eigenvalue weighted by Gasteiger charge is 2.03. The Morgan fingerprint density at radius 1 is 0.842 bits per heavy atom. The zero-order valence-corrected chi connectivity index (χ0v) is 9.84. The summed E-state index contributed by atoms with van der Waals surface area (Å²) in [6.45, 7) is 0. The third-order valence-electron chi connectivity index (χ3n) is 2.69. The summed E-state index contributed by atoms with van der Waals surface area (Å²) in [5.41, 5.74) is -0.499. The predicted molar refractivity (Wildman–Crippen MR) is 71.7 cm³/mol. The Labute approximate surface area is 107 Å². The molecule has 0 radical (unpaired) electrons. The van der Waals surface area contributed by atoms with Gasteiger partial charge in [-0.25, -0.2) is 4.79 Å². The summed E-state index contributed by atoms with van der Waals surface area (Å²) in [5, 5.41) is 0.417. The molecule has 3 rings (SSSR count). The molecule has 3 aromatic rings. The third kappa shape index (κ3) is 2.26. The normalized spacial score (nSPS) is 10.5. The molecule has 0 fully saturated rings. The molecule has 0 unspecified atom stereocenters. The Hall–Kier alpha value is -2.82. The van der Waals surface area contributed by atoms with Crippen molar-refractivity contribution < 1.29 is 4.74 Å². The van der Waals surface area contributed by atoms with Gasteiger partial charge in [-0.3, -0.25) is 9.78 Å². The van der Waals surface area contributed by atoms with Crippen LogP contribution < -0.4 is 16.0 Å². The van der Waals surface area contributed by atoms with Crippen molar-refractivity contribution in [2.24, 2.45) is 0 Å². The number of para-hydroxylation sites is 1. The Balaban J connectivity index is 2.07. The lowest BCUT2D eigenvalue weighted by Gasteiger charge is -2.06. The third-order valence-corrected chi connectivity index (χ3v) is 2.69. The fourth-order valence-corrected chi connectivity index (χ4v) is 1.84. The van der Waals surface area contributed by atoms with Gasteiger partial charge in [0, 0.05) is 6.07 Å². The second-order valence-electron chi connectivity index (χ2n) is 4.03. The van der Waals surface area contributed by atoms with Crippen LogP contribution in [0.5, 0.6) is 11.5 Å². The molecule has 2 N–H and O–H groups in total. The Morgan fingerprint density at radius 3 is 2.42 bits per heavy atom. The molecule has 0 aliphatic carbocycles. The van der Waals surface area contributed by atoms with Gasteiger partial charge in [0.1, 0.15) is 11.5 Å². The van der Waals surface area contributed by atoms with Crippen LogP contribution >= 0.6 is 0 Å². The highest BCUT2D eigenvalue weighted by molar-refractivity contribution is 5.78. The molecule has 0 saturated carbocycles. The van der Waals surface area contributed by atoms with Gasteiger partial charge in [0.25, 0.3) is 5.56 Å². The molecule has 5 heteroatoms. The van der Waals surface area contributed by atoms with Gasteiger partial charge < -0.3 is 9.72 Å². The van der Waals surface area contributed by atoms with Crippen molar-refractivity contribution in [2.45, 2.75) is 0 Å². The summed E-state index contributed by atoms with van der Waals surface area (Å²) >= 11 is 0. The minimum Gasteiger partial charge on any atom is -0.457 e. The SMILES string of the molecule is O=c1[nH]c(=O)c2ccc(Oc3ccccc3)cc2[nH]1. The van der Waals surface area contributed by atoms with Crippen molar-refractivity contribution in [3.63, 3.8) is 0 Å². The van der Waals surface area contributed by atoms with Crippen molar-refractivity contribution in [2.75, 3.05) is 0 Å². The summed E-state index contributed by atoms with van der Waals surface area (Å²) in [5.74, 6) is 1.24. The highest BCUT2D eigenvalue weighted by atomic mass is 16.5. The average Bonchev–Trinajstić information content (AvgIpc) is 2.39. The van der Waals surface area contributed by atoms with Crippen LogP contribution in [0.3, 0.4) is 0 Å². The summed E-state index contributed by atoms with van der Waals surface area (Å²) in [4.78, 5) is 27.5. The minimum atomic E-state index is -0.533. The summed E-state index contributed by atoms with van der Waals surface area (Å²) < 4.78 is 5.63. The van der Waals surface area contributed by atoms with E-state index in [0.29, 0.717) is 22.4 Å². The lowest BCUT2D eigenvalue weighted by atomic mass is 10.2. The molecule has 0 atom stereocenters. The maximum Gasteiger partial charge on any atom is 0.326 e. The van der Waals surface area contributed by atoms with Crippen LogP contribution in [-0.4, -0.2) is 9.97 Å². The molecule has 5 nitrogen and oxygen atoms in total. The maximum absolute atomic E-state index is 11.6. The van der Waals surface area contributed by atoms with E-state index in [9.17, 15) is 9.59 Å². The first-order valence-electron chi connectivity index (χ1n) is 5.72. The number of hydrogen-bond acceptors (Lipinski definition) is 3. The maximum atomic E-state index is 11.6. The van der Waals surface area contributed by atoms with E-state index in [4.69, 9.17) is 4.74 Å². The monoisotopic (exact) mass is 254 g/mol. The van der Waals surface area contributed by atoms with Crippen LogP contribution in [0.4, 0.5) is 0 Å². The molecule has 2 aromatic carbocycles. The first kappa shape index (κ1) is 11.3. The number of benzene rings is 2. The average molecular weight is 254 g/mol. The van der Waals surface area contributed by atoms with Gasteiger partial charge >= 0.3 is 5.69 Å². The lowest BCUT2D eigenvalue weighted by Crippen LogP contribution is -2.21. The summed E-state index contributed by atoms with van der Waals surface area (Å²) in [7, 11) is 0. The van der Waals surface area contributed by atoms with Crippen LogP contribution in [0.25, 0.3) is 10.9 Å². The number of H-pyrrole nitrogens is 2. The van der Waals surface area contributed by atoms with E-state index < -0.39 is 11.2 Å². The molecule has 0 spiro atoms. The molecule has 94 valence electrons. The van der Waals surface area contributed by atoms with Crippen LogP contribution in [0, 0.1) is 0 Å². The predicted octanol–water partition coefficient (Wildman–Crippen LogP) is 2.01. The quantitative estimate of drug-likeness (QED) is 0.734. The number of aromatic amines is 2. The van der Waals surface area contributed by atoms with Gasteiger partial charge in [-0.15, -0.1) is 0 Å². The van der Waals surface area contributed by atoms with E-state index in [-0.39, 0.29) is 0 Å². The van der Waals surface area contributed by atoms with Crippen molar-refractivity contribution in [1.82, 2.24) is 9.97 Å². The Kier molecular flexibility index (Phi) is 2.64.